The van der Waals surface area contributed by atoms with Gasteiger partial charge >= 0.3 is 0 Å². The average molecular weight is 391 g/mol. The van der Waals surface area contributed by atoms with Crippen LogP contribution in [0, 0.1) is 0 Å². The summed E-state index contributed by atoms with van der Waals surface area (Å²) >= 11 is 0. The van der Waals surface area contributed by atoms with Gasteiger partial charge in [0.1, 0.15) is 10.7 Å². The summed E-state index contributed by atoms with van der Waals surface area (Å²) in [4.78, 5) is 6.61. The zero-order valence-electron chi connectivity index (χ0n) is 15.5. The third-order valence-corrected chi connectivity index (χ3v) is 6.64. The van der Waals surface area contributed by atoms with Crippen molar-refractivity contribution >= 4 is 15.8 Å². The normalized spacial score (nSPS) is 16.4. The SMILES string of the molecule is CN1CCN(S(=O)(=O)c2ccc(NCCc3ccc(CO)cc3)nc2)CC1. The van der Waals surface area contributed by atoms with Gasteiger partial charge in [0.15, 0.2) is 0 Å². The number of pyridine rings is 1. The zero-order chi connectivity index (χ0) is 19.3. The van der Waals surface area contributed by atoms with Gasteiger partial charge in [-0.2, -0.15) is 4.31 Å². The molecule has 1 fully saturated rings. The maximum absolute atomic E-state index is 12.7. The van der Waals surface area contributed by atoms with Crippen molar-refractivity contribution in [1.29, 1.82) is 0 Å². The largest absolute Gasteiger partial charge is 0.392 e. The first-order valence-electron chi connectivity index (χ1n) is 9.06. The van der Waals surface area contributed by atoms with E-state index in [1.807, 2.05) is 31.3 Å². The van der Waals surface area contributed by atoms with Crippen molar-refractivity contribution in [2.24, 2.45) is 0 Å². The Hall–Kier alpha value is -2.00. The lowest BCUT2D eigenvalue weighted by atomic mass is 10.1. The van der Waals surface area contributed by atoms with Gasteiger partial charge in [-0.15, -0.1) is 0 Å². The van der Waals surface area contributed by atoms with Crippen LogP contribution in [-0.4, -0.2) is 67.5 Å². The Morgan fingerprint density at radius 1 is 1.04 bits per heavy atom. The van der Waals surface area contributed by atoms with Crippen LogP contribution in [0.4, 0.5) is 5.82 Å². The first-order valence-corrected chi connectivity index (χ1v) is 10.5. The summed E-state index contributed by atoms with van der Waals surface area (Å²) in [5.41, 5.74) is 2.06. The molecule has 0 aliphatic carbocycles. The lowest BCUT2D eigenvalue weighted by Gasteiger charge is -2.31. The number of aliphatic hydroxyl groups is 1. The molecule has 0 amide bonds. The molecule has 3 rings (SSSR count). The second-order valence-corrected chi connectivity index (χ2v) is 8.68. The highest BCUT2D eigenvalue weighted by Gasteiger charge is 2.27. The smallest absolute Gasteiger partial charge is 0.244 e. The lowest BCUT2D eigenvalue weighted by Crippen LogP contribution is -2.47. The van der Waals surface area contributed by atoms with Crippen molar-refractivity contribution in [1.82, 2.24) is 14.2 Å². The molecule has 1 aliphatic rings. The van der Waals surface area contributed by atoms with Gasteiger partial charge in [0.25, 0.3) is 0 Å². The third-order valence-electron chi connectivity index (χ3n) is 4.76. The van der Waals surface area contributed by atoms with E-state index >= 15 is 0 Å². The molecule has 1 aromatic carbocycles. The van der Waals surface area contributed by atoms with Crippen LogP contribution in [0.1, 0.15) is 11.1 Å². The summed E-state index contributed by atoms with van der Waals surface area (Å²) in [6, 6.07) is 11.1. The Bertz CT molecular complexity index is 830. The van der Waals surface area contributed by atoms with Crippen LogP contribution in [0.2, 0.25) is 0 Å². The summed E-state index contributed by atoms with van der Waals surface area (Å²) in [6.07, 6.45) is 2.24. The molecule has 8 heteroatoms. The maximum Gasteiger partial charge on any atom is 0.244 e. The Morgan fingerprint density at radius 2 is 1.70 bits per heavy atom. The van der Waals surface area contributed by atoms with Crippen molar-refractivity contribution in [3.8, 4) is 0 Å². The van der Waals surface area contributed by atoms with Gasteiger partial charge < -0.3 is 15.3 Å². The molecule has 2 N–H and O–H groups in total. The topological polar surface area (TPSA) is 85.8 Å². The number of sulfonamides is 1. The average Bonchev–Trinajstić information content (AvgIpc) is 2.69. The van der Waals surface area contributed by atoms with E-state index in [0.29, 0.717) is 25.5 Å². The molecule has 1 saturated heterocycles. The Balaban J connectivity index is 1.55. The second-order valence-electron chi connectivity index (χ2n) is 6.74. The molecule has 1 aliphatic heterocycles. The summed E-state index contributed by atoms with van der Waals surface area (Å²) in [5, 5.41) is 12.3. The van der Waals surface area contributed by atoms with Crippen molar-refractivity contribution < 1.29 is 13.5 Å². The summed E-state index contributed by atoms with van der Waals surface area (Å²) in [5.74, 6) is 0.652. The number of aromatic nitrogens is 1. The fraction of sp³-hybridized carbons (Fsp3) is 0.421. The van der Waals surface area contributed by atoms with Gasteiger partial charge in [0.2, 0.25) is 10.0 Å². The Labute approximate surface area is 160 Å². The molecule has 7 nitrogen and oxygen atoms in total. The molecule has 0 saturated carbocycles. The number of nitrogens with zero attached hydrogens (tertiary/aromatic N) is 3. The highest BCUT2D eigenvalue weighted by molar-refractivity contribution is 7.89. The molecule has 2 aromatic rings. The number of aliphatic hydroxyl groups excluding tert-OH is 1. The van der Waals surface area contributed by atoms with E-state index in [1.54, 1.807) is 12.1 Å². The van der Waals surface area contributed by atoms with E-state index in [2.05, 4.69) is 15.2 Å². The zero-order valence-corrected chi connectivity index (χ0v) is 16.3. The predicted octanol–water partition coefficient (Wildman–Crippen LogP) is 1.16. The standard InChI is InChI=1S/C19H26N4O3S/c1-22-10-12-23(13-11-22)27(25,26)18-6-7-19(21-14-18)20-9-8-16-2-4-17(15-24)5-3-16/h2-7,14,24H,8-13,15H2,1H3,(H,20,21). The summed E-state index contributed by atoms with van der Waals surface area (Å²) < 4.78 is 26.9. The van der Waals surface area contributed by atoms with Crippen molar-refractivity contribution in [2.75, 3.05) is 45.1 Å². The summed E-state index contributed by atoms with van der Waals surface area (Å²) in [6.45, 7) is 3.24. The van der Waals surface area contributed by atoms with Crippen molar-refractivity contribution in [3.05, 3.63) is 53.7 Å². The Kier molecular flexibility index (Phi) is 6.43. The minimum absolute atomic E-state index is 0.0475. The molecule has 0 spiro atoms. The number of nitrogens with one attached hydrogen (secondary N) is 1. The maximum atomic E-state index is 12.7. The van der Waals surface area contributed by atoms with E-state index in [4.69, 9.17) is 5.11 Å². The monoisotopic (exact) mass is 390 g/mol. The molecule has 2 heterocycles. The molecule has 146 valence electrons. The lowest BCUT2D eigenvalue weighted by molar-refractivity contribution is 0.222. The fourth-order valence-electron chi connectivity index (χ4n) is 2.96. The van der Waals surface area contributed by atoms with Gasteiger partial charge in [-0.3, -0.25) is 0 Å². The summed E-state index contributed by atoms with van der Waals surface area (Å²) in [7, 11) is -1.48. The molecular formula is C19H26N4O3S. The number of anilines is 1. The number of rotatable bonds is 7. The van der Waals surface area contributed by atoms with Gasteiger partial charge in [-0.1, -0.05) is 24.3 Å². The first-order chi connectivity index (χ1) is 13.0. The number of piperazine rings is 1. The molecule has 27 heavy (non-hydrogen) atoms. The van der Waals surface area contributed by atoms with Crippen molar-refractivity contribution in [2.45, 2.75) is 17.9 Å². The van der Waals surface area contributed by atoms with Crippen LogP contribution in [0.5, 0.6) is 0 Å². The molecule has 0 radical (unpaired) electrons. The van der Waals surface area contributed by atoms with Gasteiger partial charge in [-0.05, 0) is 36.7 Å². The van der Waals surface area contributed by atoms with Crippen LogP contribution in [-0.2, 0) is 23.1 Å². The second kappa shape index (κ2) is 8.79. The highest BCUT2D eigenvalue weighted by atomic mass is 32.2. The van der Waals surface area contributed by atoms with Crippen LogP contribution in [0.15, 0.2) is 47.5 Å². The third kappa shape index (κ3) is 5.04. The van der Waals surface area contributed by atoms with E-state index in [9.17, 15) is 8.42 Å². The minimum Gasteiger partial charge on any atom is -0.392 e. The quantitative estimate of drug-likeness (QED) is 0.738. The molecule has 0 atom stereocenters. The minimum atomic E-state index is -3.48. The van der Waals surface area contributed by atoms with Gasteiger partial charge in [0, 0.05) is 38.9 Å². The van der Waals surface area contributed by atoms with E-state index in [0.717, 1.165) is 30.6 Å². The van der Waals surface area contributed by atoms with Crippen LogP contribution < -0.4 is 5.32 Å². The van der Waals surface area contributed by atoms with Crippen LogP contribution >= 0.6 is 0 Å². The molecule has 0 unspecified atom stereocenters. The molecule has 1 aromatic heterocycles. The predicted molar refractivity (Wildman–Crippen MR) is 105 cm³/mol. The van der Waals surface area contributed by atoms with Crippen molar-refractivity contribution in [3.63, 3.8) is 0 Å². The molecular weight excluding hydrogens is 364 g/mol. The Morgan fingerprint density at radius 3 is 2.30 bits per heavy atom. The van der Waals surface area contributed by atoms with E-state index in [-0.39, 0.29) is 11.5 Å². The van der Waals surface area contributed by atoms with Crippen LogP contribution in [0.3, 0.4) is 0 Å². The fourth-order valence-corrected chi connectivity index (χ4v) is 4.33. The number of hydrogen-bond donors (Lipinski definition) is 2. The van der Waals surface area contributed by atoms with E-state index < -0.39 is 10.0 Å². The number of likely N-dealkylation sites (N-methyl/N-ethyl adjacent to an activating group) is 1. The highest BCUT2D eigenvalue weighted by Crippen LogP contribution is 2.18. The number of benzene rings is 1. The number of hydrogen-bond acceptors (Lipinski definition) is 6. The van der Waals surface area contributed by atoms with Crippen LogP contribution in [0.25, 0.3) is 0 Å². The molecule has 0 bridgehead atoms. The first kappa shape index (κ1) is 19.8. The van der Waals surface area contributed by atoms with E-state index in [1.165, 1.54) is 10.5 Å². The van der Waals surface area contributed by atoms with Gasteiger partial charge in [-0.25, -0.2) is 13.4 Å². The van der Waals surface area contributed by atoms with Gasteiger partial charge in [0.05, 0.1) is 6.61 Å².